The van der Waals surface area contributed by atoms with Gasteiger partial charge in [-0.15, -0.1) is 0 Å². The van der Waals surface area contributed by atoms with E-state index in [1.165, 1.54) is 0 Å². The van der Waals surface area contributed by atoms with Gasteiger partial charge in [0.15, 0.2) is 0 Å². The number of thiocyanates is 1. The predicted molar refractivity (Wildman–Crippen MR) is 48.8 cm³/mol. The molecule has 0 aliphatic heterocycles. The Hall–Kier alpha value is 1.02. The van der Waals surface area contributed by atoms with E-state index in [-0.39, 0.29) is 0 Å². The van der Waals surface area contributed by atoms with E-state index < -0.39 is 19.6 Å². The van der Waals surface area contributed by atoms with Gasteiger partial charge in [0, 0.05) is 25.4 Å². The zero-order valence-electron chi connectivity index (χ0n) is 3.70. The Morgan fingerprint density at radius 1 is 1.88 bits per heavy atom. The van der Waals surface area contributed by atoms with Gasteiger partial charge < -0.3 is 0 Å². The molecule has 46 valence electrons. The lowest BCUT2D eigenvalue weighted by Crippen LogP contribution is -1.82. The van der Waals surface area contributed by atoms with Crippen molar-refractivity contribution in [2.45, 2.75) is 0 Å². The summed E-state index contributed by atoms with van der Waals surface area (Å²) in [5, 5.41) is 9.92. The van der Waals surface area contributed by atoms with Gasteiger partial charge in [-0.05, 0) is 20.7 Å². The molecular weight excluding hydrogens is 280 g/mol. The monoisotopic (exact) mass is 281 g/mol. The third-order valence-electron chi connectivity index (χ3n) is 0.323. The summed E-state index contributed by atoms with van der Waals surface area (Å²) in [6.07, 6.45) is 0. The first kappa shape index (κ1) is 9.02. The molecule has 0 rings (SSSR count). The molecule has 0 saturated carbocycles. The smallest absolute Gasteiger partial charge is 0.133 e. The zero-order valence-corrected chi connectivity index (χ0v) is 8.18. The maximum Gasteiger partial charge on any atom is 0.133 e. The van der Waals surface area contributed by atoms with Crippen LogP contribution in [0.4, 0.5) is 0 Å². The molecule has 0 aromatic rings. The van der Waals surface area contributed by atoms with E-state index in [0.29, 0.717) is 5.75 Å². The van der Waals surface area contributed by atoms with Crippen molar-refractivity contribution >= 4 is 54.8 Å². The lowest BCUT2D eigenvalue weighted by molar-refractivity contribution is 1.57. The Morgan fingerprint density at radius 3 is 2.88 bits per heavy atom. The Kier molecular flexibility index (Phi) is 6.93. The summed E-state index contributed by atoms with van der Waals surface area (Å²) in [5.41, 5.74) is 0. The Balaban J connectivity index is 3.29. The summed E-state index contributed by atoms with van der Waals surface area (Å²) in [4.78, 5) is 0. The van der Waals surface area contributed by atoms with Crippen molar-refractivity contribution in [3.8, 4) is 5.40 Å². The quantitative estimate of drug-likeness (QED) is 0.574. The average Bonchev–Trinajstić information content (AvgIpc) is 1.83. The van der Waals surface area contributed by atoms with Crippen LogP contribution in [0.15, 0.2) is 0 Å². The molecule has 0 heterocycles. The lowest BCUT2D eigenvalue weighted by atomic mass is 11.0. The molecule has 0 atom stereocenters. The third kappa shape index (κ3) is 5.16. The number of hydrogen-bond donors (Lipinski definition) is 0. The number of nitrogens with zero attached hydrogens (tertiary/aromatic N) is 1. The topological polar surface area (TPSA) is 23.8 Å². The first-order valence-corrected chi connectivity index (χ1v) is 6.77. The predicted octanol–water partition coefficient (Wildman–Crippen LogP) is 2.69. The molecule has 1 nitrogen and oxygen atoms in total. The molecule has 0 amide bonds. The van der Waals surface area contributed by atoms with Crippen LogP contribution in [-0.4, -0.2) is 8.72 Å². The fourth-order valence-electron chi connectivity index (χ4n) is 0.107. The molecule has 0 aliphatic rings. The van der Waals surface area contributed by atoms with Crippen LogP contribution in [0.5, 0.6) is 0 Å². The van der Waals surface area contributed by atoms with Crippen molar-refractivity contribution in [2.75, 3.05) is 5.75 Å². The van der Waals surface area contributed by atoms with E-state index in [4.69, 9.17) is 25.8 Å². The van der Waals surface area contributed by atoms with Crippen molar-refractivity contribution in [1.29, 1.82) is 5.26 Å². The molecule has 0 aromatic carbocycles. The van der Waals surface area contributed by atoms with Gasteiger partial charge in [0.2, 0.25) is 0 Å². The van der Waals surface area contributed by atoms with Crippen LogP contribution < -0.4 is 0 Å². The first-order valence-electron chi connectivity index (χ1n) is 1.59. The van der Waals surface area contributed by atoms with Crippen LogP contribution in [-0.2, 0) is 0 Å². The fourth-order valence-corrected chi connectivity index (χ4v) is 2.14. The summed E-state index contributed by atoms with van der Waals surface area (Å²) in [7, 11) is 5.41. The summed E-state index contributed by atoms with van der Waals surface area (Å²) in [6.45, 7) is 0. The molecule has 0 unspecified atom stereocenters. The first-order chi connectivity index (χ1) is 3.81. The van der Waals surface area contributed by atoms with Gasteiger partial charge in [0.05, 0.1) is 2.97 Å². The van der Waals surface area contributed by atoms with Crippen LogP contribution in [0, 0.1) is 10.7 Å². The van der Waals surface area contributed by atoms with Gasteiger partial charge >= 0.3 is 0 Å². The van der Waals surface area contributed by atoms with Crippen molar-refractivity contribution < 1.29 is 0 Å². The summed E-state index contributed by atoms with van der Waals surface area (Å²) in [6, 6.07) is 0. The minimum Gasteiger partial charge on any atom is -0.185 e. The maximum absolute atomic E-state index is 8.02. The average molecular weight is 282 g/mol. The molecule has 0 spiro atoms. The van der Waals surface area contributed by atoms with E-state index in [1.807, 2.05) is 5.40 Å². The molecule has 0 radical (unpaired) electrons. The van der Waals surface area contributed by atoms with Crippen LogP contribution in [0.3, 0.4) is 0 Å². The van der Waals surface area contributed by atoms with Gasteiger partial charge in [-0.2, -0.15) is 5.26 Å². The van der Waals surface area contributed by atoms with E-state index in [0.717, 1.165) is 14.7 Å². The number of halogens is 3. The Morgan fingerprint density at radius 2 is 2.50 bits per heavy atom. The molecule has 0 bridgehead atoms. The highest BCUT2D eigenvalue weighted by Crippen LogP contribution is 2.13. The van der Waals surface area contributed by atoms with Gasteiger partial charge in [-0.3, -0.25) is 0 Å². The second-order valence-electron chi connectivity index (χ2n) is 0.790. The van der Waals surface area contributed by atoms with E-state index >= 15 is 0 Å². The molecule has 0 aliphatic carbocycles. The molecule has 8 heavy (non-hydrogen) atoms. The minimum absolute atomic E-state index is 0.486. The van der Waals surface area contributed by atoms with Crippen LogP contribution in [0.2, 0.25) is 0 Å². The highest BCUT2D eigenvalue weighted by atomic mass is 127. The SMILES string of the molecule is N#CSC/C(Cl)=I/Cl. The van der Waals surface area contributed by atoms with Crippen molar-refractivity contribution in [3.05, 3.63) is 0 Å². The number of nitriles is 1. The number of hydrogen-bond acceptors (Lipinski definition) is 2. The standard InChI is InChI=1S/C3H2Cl2INS/c4-3(6-5)1-8-2-7/h1H2. The summed E-state index contributed by atoms with van der Waals surface area (Å²) < 4.78 is 0.733. The third-order valence-corrected chi connectivity index (χ3v) is 4.65. The Labute approximate surface area is 70.8 Å². The van der Waals surface area contributed by atoms with E-state index in [9.17, 15) is 0 Å². The fraction of sp³-hybridized carbons (Fsp3) is 0.333. The van der Waals surface area contributed by atoms with Crippen LogP contribution in [0.25, 0.3) is 0 Å². The normalized spacial score (nSPS) is 11.9. The van der Waals surface area contributed by atoms with E-state index in [2.05, 4.69) is 0 Å². The lowest BCUT2D eigenvalue weighted by Gasteiger charge is -1.83. The zero-order chi connectivity index (χ0) is 6.41. The second-order valence-corrected chi connectivity index (χ2v) is 5.31. The van der Waals surface area contributed by atoms with Gasteiger partial charge in [0.1, 0.15) is 5.40 Å². The van der Waals surface area contributed by atoms with Gasteiger partial charge in [0.25, 0.3) is 0 Å². The van der Waals surface area contributed by atoms with Gasteiger partial charge in [-0.25, -0.2) is 0 Å². The molecule has 0 saturated heterocycles. The Bertz CT molecular complexity index is 130. The molecule has 5 heteroatoms. The van der Waals surface area contributed by atoms with Crippen LogP contribution in [0.1, 0.15) is 0 Å². The minimum atomic E-state index is -0.486. The van der Waals surface area contributed by atoms with Crippen LogP contribution >= 0.6 is 51.9 Å². The second kappa shape index (κ2) is 6.14. The molecule has 0 N–H and O–H groups in total. The summed E-state index contributed by atoms with van der Waals surface area (Å²) >= 11 is 6.14. The van der Waals surface area contributed by atoms with Crippen molar-refractivity contribution in [3.63, 3.8) is 0 Å². The highest BCUT2D eigenvalue weighted by molar-refractivity contribution is 14.2. The number of thioether (sulfide) groups is 1. The van der Waals surface area contributed by atoms with Crippen molar-refractivity contribution in [1.82, 2.24) is 0 Å². The van der Waals surface area contributed by atoms with E-state index in [1.54, 1.807) is 0 Å². The maximum atomic E-state index is 8.02. The largest absolute Gasteiger partial charge is 0.185 e. The van der Waals surface area contributed by atoms with Gasteiger partial charge in [-0.1, -0.05) is 11.6 Å². The van der Waals surface area contributed by atoms with Crippen molar-refractivity contribution in [2.24, 2.45) is 0 Å². The molecule has 0 fully saturated rings. The molecule has 0 aromatic heterocycles. The summed E-state index contributed by atoms with van der Waals surface area (Å²) in [5.74, 6) is 0.578. The molecular formula is C3H2Cl2INS. The number of rotatable bonds is 2. The highest BCUT2D eigenvalue weighted by Gasteiger charge is 1.89.